The Bertz CT molecular complexity index is 149. The van der Waals surface area contributed by atoms with E-state index in [1.54, 1.807) is 0 Å². The summed E-state index contributed by atoms with van der Waals surface area (Å²) in [6, 6.07) is 0.381. The Hall–Kier alpha value is -0.220. The van der Waals surface area contributed by atoms with E-state index in [4.69, 9.17) is 0 Å². The first-order valence-electron chi connectivity index (χ1n) is 3.23. The first-order chi connectivity index (χ1) is 4.74. The van der Waals surface area contributed by atoms with Crippen molar-refractivity contribution in [2.24, 2.45) is 0 Å². The van der Waals surface area contributed by atoms with E-state index in [0.29, 0.717) is 12.6 Å². The van der Waals surface area contributed by atoms with Crippen molar-refractivity contribution in [1.82, 2.24) is 4.90 Å². The van der Waals surface area contributed by atoms with Crippen LogP contribution in [-0.4, -0.2) is 46.5 Å². The van der Waals surface area contributed by atoms with Gasteiger partial charge < -0.3 is 4.79 Å². The van der Waals surface area contributed by atoms with E-state index in [1.807, 2.05) is 11.9 Å². The molecular formula is C6H11NO2S. The molecule has 3 nitrogen and oxygen atoms in total. The van der Waals surface area contributed by atoms with Crippen LogP contribution in [0.4, 0.5) is 0 Å². The monoisotopic (exact) mass is 161 g/mol. The highest BCUT2D eigenvalue weighted by molar-refractivity contribution is 7.86. The molecule has 1 heterocycles. The van der Waals surface area contributed by atoms with Crippen molar-refractivity contribution in [2.75, 3.05) is 25.1 Å². The zero-order valence-corrected chi connectivity index (χ0v) is 6.76. The molecule has 0 aromatic carbocycles. The number of likely N-dealkylation sites (N-methyl/N-ethyl adjacent to an activating group) is 1. The predicted molar refractivity (Wildman–Crippen MR) is 40.4 cm³/mol. The highest BCUT2D eigenvalue weighted by atomic mass is 32.2. The van der Waals surface area contributed by atoms with E-state index in [9.17, 15) is 9.00 Å². The molecule has 0 unspecified atom stereocenters. The molecule has 1 aliphatic heterocycles. The Morgan fingerprint density at radius 2 is 2.30 bits per heavy atom. The number of hydrogen-bond donors (Lipinski definition) is 0. The van der Waals surface area contributed by atoms with Gasteiger partial charge in [0.25, 0.3) is 0 Å². The maximum absolute atomic E-state index is 10.6. The number of aldehydes is 1. The summed E-state index contributed by atoms with van der Waals surface area (Å²) in [5, 5.41) is 0. The minimum atomic E-state index is -0.604. The molecule has 58 valence electrons. The Labute approximate surface area is 62.9 Å². The highest BCUT2D eigenvalue weighted by Gasteiger charge is 2.28. The maximum atomic E-state index is 10.6. The van der Waals surface area contributed by atoms with E-state index >= 15 is 0 Å². The molecule has 0 saturated carbocycles. The predicted octanol–water partition coefficient (Wildman–Crippen LogP) is -0.752. The van der Waals surface area contributed by atoms with Crippen LogP contribution in [0.5, 0.6) is 0 Å². The quantitative estimate of drug-likeness (QED) is 0.511. The molecule has 0 N–H and O–H groups in total. The van der Waals surface area contributed by atoms with Gasteiger partial charge in [0.1, 0.15) is 6.29 Å². The molecule has 0 aliphatic carbocycles. The largest absolute Gasteiger partial charge is 0.302 e. The molecular weight excluding hydrogens is 150 g/mol. The molecule has 0 radical (unpaired) electrons. The molecule has 0 spiro atoms. The lowest BCUT2D eigenvalue weighted by Crippen LogP contribution is -2.49. The van der Waals surface area contributed by atoms with Gasteiger partial charge in [0.15, 0.2) is 0 Å². The molecule has 0 atom stereocenters. The lowest BCUT2D eigenvalue weighted by molar-refractivity contribution is -0.108. The van der Waals surface area contributed by atoms with Crippen LogP contribution in [0.1, 0.15) is 0 Å². The van der Waals surface area contributed by atoms with Crippen LogP contribution >= 0.6 is 0 Å². The first-order valence-corrected chi connectivity index (χ1v) is 4.71. The molecule has 0 aromatic rings. The Kier molecular flexibility index (Phi) is 2.56. The zero-order valence-electron chi connectivity index (χ0n) is 5.95. The molecule has 0 bridgehead atoms. The Morgan fingerprint density at radius 1 is 1.70 bits per heavy atom. The lowest BCUT2D eigenvalue weighted by atomic mass is 10.3. The molecule has 4 heteroatoms. The number of carbonyl (C=O) groups is 1. The number of nitrogens with zero attached hydrogens (tertiary/aromatic N) is 1. The van der Waals surface area contributed by atoms with Crippen LogP contribution in [0.15, 0.2) is 0 Å². The van der Waals surface area contributed by atoms with Crippen LogP contribution in [0, 0.1) is 0 Å². The van der Waals surface area contributed by atoms with Crippen LogP contribution < -0.4 is 0 Å². The third-order valence-electron chi connectivity index (χ3n) is 1.74. The van der Waals surface area contributed by atoms with Gasteiger partial charge in [-0.25, -0.2) is 0 Å². The summed E-state index contributed by atoms with van der Waals surface area (Å²) >= 11 is 0. The van der Waals surface area contributed by atoms with Gasteiger partial charge in [0.05, 0.1) is 6.54 Å². The Morgan fingerprint density at radius 3 is 2.70 bits per heavy atom. The topological polar surface area (TPSA) is 37.4 Å². The second-order valence-corrected chi connectivity index (χ2v) is 4.08. The molecule has 0 amide bonds. The summed E-state index contributed by atoms with van der Waals surface area (Å²) in [6.07, 6.45) is 0.876. The molecule has 10 heavy (non-hydrogen) atoms. The summed E-state index contributed by atoms with van der Waals surface area (Å²) in [7, 11) is 1.28. The molecule has 1 aliphatic rings. The van der Waals surface area contributed by atoms with Crippen LogP contribution in [0.25, 0.3) is 0 Å². The summed E-state index contributed by atoms with van der Waals surface area (Å²) in [5.41, 5.74) is 0. The summed E-state index contributed by atoms with van der Waals surface area (Å²) in [4.78, 5) is 12.0. The maximum Gasteiger partial charge on any atom is 0.133 e. The van der Waals surface area contributed by atoms with Gasteiger partial charge in [-0.05, 0) is 7.05 Å². The third-order valence-corrected chi connectivity index (χ3v) is 3.26. The SMILES string of the molecule is CN(CC=O)C1CS(=O)C1. The molecule has 0 aromatic heterocycles. The minimum absolute atomic E-state index is 0.381. The van der Waals surface area contributed by atoms with E-state index in [2.05, 4.69) is 0 Å². The van der Waals surface area contributed by atoms with Crippen molar-refractivity contribution in [3.8, 4) is 0 Å². The smallest absolute Gasteiger partial charge is 0.133 e. The molecule has 1 rings (SSSR count). The number of carbonyl (C=O) groups excluding carboxylic acids is 1. The van der Waals surface area contributed by atoms with Crippen LogP contribution in [0.2, 0.25) is 0 Å². The van der Waals surface area contributed by atoms with Gasteiger partial charge in [-0.3, -0.25) is 9.11 Å². The third kappa shape index (κ3) is 1.64. The van der Waals surface area contributed by atoms with Gasteiger partial charge in [-0.2, -0.15) is 0 Å². The standard InChI is InChI=1S/C6H11NO2S/c1-7(2-3-8)6-4-10(9)5-6/h3,6H,2,4-5H2,1H3. The first kappa shape index (κ1) is 7.88. The van der Waals surface area contributed by atoms with Crippen molar-refractivity contribution < 1.29 is 9.00 Å². The van der Waals surface area contributed by atoms with E-state index in [1.165, 1.54) is 0 Å². The number of hydrogen-bond acceptors (Lipinski definition) is 3. The highest BCUT2D eigenvalue weighted by Crippen LogP contribution is 2.10. The van der Waals surface area contributed by atoms with Crippen molar-refractivity contribution in [2.45, 2.75) is 6.04 Å². The minimum Gasteiger partial charge on any atom is -0.302 e. The van der Waals surface area contributed by atoms with Gasteiger partial charge in [0, 0.05) is 28.3 Å². The Balaban J connectivity index is 2.23. The molecule has 1 fully saturated rings. The van der Waals surface area contributed by atoms with Gasteiger partial charge >= 0.3 is 0 Å². The summed E-state index contributed by atoms with van der Waals surface area (Å²) in [6.45, 7) is 0.460. The van der Waals surface area contributed by atoms with Crippen molar-refractivity contribution in [1.29, 1.82) is 0 Å². The van der Waals surface area contributed by atoms with Crippen LogP contribution in [-0.2, 0) is 15.6 Å². The van der Waals surface area contributed by atoms with Crippen molar-refractivity contribution in [3.05, 3.63) is 0 Å². The van der Waals surface area contributed by atoms with Gasteiger partial charge in [-0.1, -0.05) is 0 Å². The van der Waals surface area contributed by atoms with E-state index in [0.717, 1.165) is 17.8 Å². The van der Waals surface area contributed by atoms with Gasteiger partial charge in [-0.15, -0.1) is 0 Å². The normalized spacial score (nSPS) is 31.8. The fourth-order valence-electron chi connectivity index (χ4n) is 0.901. The van der Waals surface area contributed by atoms with Crippen LogP contribution in [0.3, 0.4) is 0 Å². The zero-order chi connectivity index (χ0) is 7.56. The van der Waals surface area contributed by atoms with E-state index in [-0.39, 0.29) is 0 Å². The average molecular weight is 161 g/mol. The fraction of sp³-hybridized carbons (Fsp3) is 0.833. The molecule has 1 saturated heterocycles. The van der Waals surface area contributed by atoms with E-state index < -0.39 is 10.8 Å². The second-order valence-electron chi connectivity index (χ2n) is 2.53. The average Bonchev–Trinajstić information content (AvgIpc) is 1.82. The number of rotatable bonds is 3. The summed E-state index contributed by atoms with van der Waals surface area (Å²) in [5.74, 6) is 1.48. The second kappa shape index (κ2) is 3.25. The lowest BCUT2D eigenvalue weighted by Gasteiger charge is -2.32. The fourth-order valence-corrected chi connectivity index (χ4v) is 2.17. The summed E-state index contributed by atoms with van der Waals surface area (Å²) < 4.78 is 10.6. The van der Waals surface area contributed by atoms with Gasteiger partial charge in [0.2, 0.25) is 0 Å². The van der Waals surface area contributed by atoms with Crippen molar-refractivity contribution >= 4 is 17.1 Å². The van der Waals surface area contributed by atoms with Crippen molar-refractivity contribution in [3.63, 3.8) is 0 Å².